The van der Waals surface area contributed by atoms with Crippen molar-refractivity contribution in [3.05, 3.63) is 24.3 Å². The summed E-state index contributed by atoms with van der Waals surface area (Å²) in [7, 11) is 0. The molecular formula is C14H19F3N2O2. The molecule has 0 saturated heterocycles. The summed E-state index contributed by atoms with van der Waals surface area (Å²) >= 11 is 0. The lowest BCUT2D eigenvalue weighted by Gasteiger charge is -2.22. The molecule has 0 aromatic heterocycles. The van der Waals surface area contributed by atoms with Crippen molar-refractivity contribution in [1.29, 1.82) is 5.41 Å². The van der Waals surface area contributed by atoms with E-state index in [9.17, 15) is 13.2 Å². The van der Waals surface area contributed by atoms with Gasteiger partial charge in [-0.05, 0) is 37.1 Å². The molecule has 0 spiro atoms. The van der Waals surface area contributed by atoms with Crippen molar-refractivity contribution in [2.45, 2.75) is 33.1 Å². The van der Waals surface area contributed by atoms with Crippen LogP contribution in [0, 0.1) is 10.8 Å². The molecule has 0 unspecified atom stereocenters. The fraction of sp³-hybridized carbons (Fsp3) is 0.500. The summed E-state index contributed by atoms with van der Waals surface area (Å²) < 4.78 is 45.1. The van der Waals surface area contributed by atoms with Gasteiger partial charge in [-0.25, -0.2) is 0 Å². The van der Waals surface area contributed by atoms with Gasteiger partial charge in [0.25, 0.3) is 0 Å². The number of hydrogen-bond donors (Lipinski definition) is 2. The summed E-state index contributed by atoms with van der Waals surface area (Å²) in [6, 6.07) is 5.22. The SMILES string of the molecule is CC(C)(CCCOc1ccc(OC(F)(F)F)cc1)C(=N)N. The summed E-state index contributed by atoms with van der Waals surface area (Å²) in [6.45, 7) is 4.15. The Bertz CT molecular complexity index is 470. The van der Waals surface area contributed by atoms with Gasteiger partial charge in [0.15, 0.2) is 0 Å². The zero-order chi connectivity index (χ0) is 16.1. The maximum atomic E-state index is 12.0. The highest BCUT2D eigenvalue weighted by molar-refractivity contribution is 5.82. The highest BCUT2D eigenvalue weighted by Gasteiger charge is 2.30. The number of alkyl halides is 3. The molecule has 7 heteroatoms. The summed E-state index contributed by atoms with van der Waals surface area (Å²) in [5, 5.41) is 7.42. The van der Waals surface area contributed by atoms with Crippen molar-refractivity contribution < 1.29 is 22.6 Å². The lowest BCUT2D eigenvalue weighted by molar-refractivity contribution is -0.274. The second-order valence-corrected chi connectivity index (χ2v) is 5.27. The van der Waals surface area contributed by atoms with Crippen LogP contribution in [0.1, 0.15) is 26.7 Å². The van der Waals surface area contributed by atoms with Crippen LogP contribution in [0.5, 0.6) is 11.5 Å². The van der Waals surface area contributed by atoms with Gasteiger partial charge in [0.2, 0.25) is 0 Å². The van der Waals surface area contributed by atoms with Crippen LogP contribution in [0.4, 0.5) is 13.2 Å². The van der Waals surface area contributed by atoms with Crippen molar-refractivity contribution in [2.75, 3.05) is 6.61 Å². The van der Waals surface area contributed by atoms with Crippen LogP contribution < -0.4 is 15.2 Å². The van der Waals surface area contributed by atoms with E-state index in [0.717, 1.165) is 0 Å². The summed E-state index contributed by atoms with van der Waals surface area (Å²) in [4.78, 5) is 0. The highest BCUT2D eigenvalue weighted by Crippen LogP contribution is 2.25. The van der Waals surface area contributed by atoms with Gasteiger partial charge in [-0.15, -0.1) is 13.2 Å². The molecule has 0 bridgehead atoms. The van der Waals surface area contributed by atoms with Crippen LogP contribution in [0.25, 0.3) is 0 Å². The molecule has 0 aliphatic carbocycles. The molecule has 1 aromatic rings. The number of nitrogens with one attached hydrogen (secondary N) is 1. The molecule has 0 fully saturated rings. The molecule has 0 aliphatic heterocycles. The van der Waals surface area contributed by atoms with Gasteiger partial charge in [0.1, 0.15) is 11.5 Å². The van der Waals surface area contributed by atoms with Crippen molar-refractivity contribution in [3.8, 4) is 11.5 Å². The summed E-state index contributed by atoms with van der Waals surface area (Å²) in [5.41, 5.74) is 5.09. The Morgan fingerprint density at radius 3 is 2.14 bits per heavy atom. The van der Waals surface area contributed by atoms with Crippen molar-refractivity contribution >= 4 is 5.84 Å². The Labute approximate surface area is 121 Å². The zero-order valence-corrected chi connectivity index (χ0v) is 12.0. The van der Waals surface area contributed by atoms with Crippen molar-refractivity contribution in [3.63, 3.8) is 0 Å². The first-order chi connectivity index (χ1) is 9.60. The first kappa shape index (κ1) is 17.1. The average molecular weight is 304 g/mol. The molecule has 4 nitrogen and oxygen atoms in total. The Kier molecular flexibility index (Phi) is 5.46. The molecule has 21 heavy (non-hydrogen) atoms. The number of hydrogen-bond acceptors (Lipinski definition) is 3. The molecule has 0 saturated carbocycles. The minimum Gasteiger partial charge on any atom is -0.494 e. The summed E-state index contributed by atoms with van der Waals surface area (Å²) in [6.07, 6.45) is -3.31. The first-order valence-electron chi connectivity index (χ1n) is 6.43. The standard InChI is InChI=1S/C14H19F3N2O2/c1-13(2,12(18)19)8-3-9-20-10-4-6-11(7-5-10)21-14(15,16)17/h4-7H,3,8-9H2,1-2H3,(H3,18,19). The molecule has 1 rings (SSSR count). The molecule has 0 aliphatic rings. The third-order valence-corrected chi connectivity index (χ3v) is 3.00. The number of halogens is 3. The predicted octanol–water partition coefficient (Wildman–Crippen LogP) is 3.71. The molecule has 0 radical (unpaired) electrons. The van der Waals surface area contributed by atoms with E-state index in [0.29, 0.717) is 25.2 Å². The van der Waals surface area contributed by atoms with Crippen LogP contribution in [0.3, 0.4) is 0 Å². The highest BCUT2D eigenvalue weighted by atomic mass is 19.4. The lowest BCUT2D eigenvalue weighted by atomic mass is 9.87. The molecule has 0 heterocycles. The van der Waals surface area contributed by atoms with Gasteiger partial charge in [-0.1, -0.05) is 13.8 Å². The summed E-state index contributed by atoms with van der Waals surface area (Å²) in [5.74, 6) is 0.300. The maximum Gasteiger partial charge on any atom is 0.573 e. The minimum absolute atomic E-state index is 0.121. The topological polar surface area (TPSA) is 68.3 Å². The van der Waals surface area contributed by atoms with Gasteiger partial charge in [0.05, 0.1) is 12.4 Å². The molecule has 1 aromatic carbocycles. The van der Waals surface area contributed by atoms with E-state index < -0.39 is 6.36 Å². The van der Waals surface area contributed by atoms with Gasteiger partial charge >= 0.3 is 6.36 Å². The fourth-order valence-electron chi connectivity index (χ4n) is 1.58. The predicted molar refractivity (Wildman–Crippen MR) is 73.5 cm³/mol. The fourth-order valence-corrected chi connectivity index (χ4v) is 1.58. The molecular weight excluding hydrogens is 285 g/mol. The Morgan fingerprint density at radius 1 is 1.14 bits per heavy atom. The van der Waals surface area contributed by atoms with Crippen LogP contribution in [-0.4, -0.2) is 18.8 Å². The van der Waals surface area contributed by atoms with E-state index in [1.807, 2.05) is 13.8 Å². The second kappa shape index (κ2) is 6.69. The Balaban J connectivity index is 2.38. The molecule has 0 amide bonds. The van der Waals surface area contributed by atoms with E-state index in [1.54, 1.807) is 0 Å². The third kappa shape index (κ3) is 6.37. The van der Waals surface area contributed by atoms with Gasteiger partial charge in [-0.3, -0.25) is 5.41 Å². The van der Waals surface area contributed by atoms with Gasteiger partial charge < -0.3 is 15.2 Å². The monoisotopic (exact) mass is 304 g/mol. The molecule has 3 N–H and O–H groups in total. The largest absolute Gasteiger partial charge is 0.573 e. The molecule has 0 atom stereocenters. The Morgan fingerprint density at radius 2 is 1.67 bits per heavy atom. The average Bonchev–Trinajstić information content (AvgIpc) is 2.34. The number of nitrogens with two attached hydrogens (primary N) is 1. The number of rotatable bonds is 7. The number of amidine groups is 1. The van der Waals surface area contributed by atoms with Crippen LogP contribution >= 0.6 is 0 Å². The van der Waals surface area contributed by atoms with E-state index in [2.05, 4.69) is 4.74 Å². The van der Waals surface area contributed by atoms with Crippen molar-refractivity contribution in [1.82, 2.24) is 0 Å². The van der Waals surface area contributed by atoms with Crippen LogP contribution in [0.2, 0.25) is 0 Å². The van der Waals surface area contributed by atoms with Gasteiger partial charge in [-0.2, -0.15) is 0 Å². The quantitative estimate of drug-likeness (QED) is 0.458. The van der Waals surface area contributed by atoms with Gasteiger partial charge in [0, 0.05) is 5.41 Å². The zero-order valence-electron chi connectivity index (χ0n) is 12.0. The van der Waals surface area contributed by atoms with E-state index in [4.69, 9.17) is 15.9 Å². The van der Waals surface area contributed by atoms with Crippen molar-refractivity contribution in [2.24, 2.45) is 11.1 Å². The second-order valence-electron chi connectivity index (χ2n) is 5.27. The Hall–Kier alpha value is -1.92. The lowest BCUT2D eigenvalue weighted by Crippen LogP contribution is -2.31. The molecule has 118 valence electrons. The maximum absolute atomic E-state index is 12.0. The first-order valence-corrected chi connectivity index (χ1v) is 6.43. The van der Waals surface area contributed by atoms with E-state index >= 15 is 0 Å². The number of ether oxygens (including phenoxy) is 2. The normalized spacial score (nSPS) is 12.0. The third-order valence-electron chi connectivity index (χ3n) is 3.00. The van der Waals surface area contributed by atoms with Crippen LogP contribution in [0.15, 0.2) is 24.3 Å². The smallest absolute Gasteiger partial charge is 0.494 e. The number of benzene rings is 1. The van der Waals surface area contributed by atoms with E-state index in [-0.39, 0.29) is 17.0 Å². The van der Waals surface area contributed by atoms with E-state index in [1.165, 1.54) is 24.3 Å². The van der Waals surface area contributed by atoms with Crippen LogP contribution in [-0.2, 0) is 0 Å². The minimum atomic E-state index is -4.69.